The third-order valence-corrected chi connectivity index (χ3v) is 2.04. The summed E-state index contributed by atoms with van der Waals surface area (Å²) in [5.74, 6) is -1.89. The number of halogens is 2. The van der Waals surface area contributed by atoms with E-state index in [-0.39, 0.29) is 5.69 Å². The molecule has 0 bridgehead atoms. The molecule has 0 aliphatic heterocycles. The summed E-state index contributed by atoms with van der Waals surface area (Å²) in [6, 6.07) is 8.12. The van der Waals surface area contributed by atoms with Crippen molar-refractivity contribution in [3.8, 4) is 11.3 Å². The molecule has 0 saturated carbocycles. The first kappa shape index (κ1) is 9.58. The van der Waals surface area contributed by atoms with Crippen molar-refractivity contribution >= 4 is 0 Å². The molecule has 2 rings (SSSR count). The lowest BCUT2D eigenvalue weighted by molar-refractivity contribution is -0.593. The zero-order valence-corrected chi connectivity index (χ0v) is 7.65. The van der Waals surface area contributed by atoms with E-state index >= 15 is 0 Å². The molecule has 0 amide bonds. The molecule has 0 saturated heterocycles. The maximum atomic E-state index is 12.9. The maximum Gasteiger partial charge on any atom is 0.223 e. The highest BCUT2D eigenvalue weighted by Gasteiger charge is 2.10. The summed E-state index contributed by atoms with van der Waals surface area (Å²) in [6.07, 6.45) is 1.30. The molecule has 2 aromatic rings. The summed E-state index contributed by atoms with van der Waals surface area (Å²) in [4.78, 5) is 0. The summed E-state index contributed by atoms with van der Waals surface area (Å²) >= 11 is 0. The molecule has 0 unspecified atom stereocenters. The second-order valence-electron chi connectivity index (χ2n) is 3.04. The Labute approximate surface area is 85.0 Å². The number of hydrogen-bond acceptors (Lipinski definition) is 1. The van der Waals surface area contributed by atoms with Gasteiger partial charge in [0.15, 0.2) is 17.8 Å². The van der Waals surface area contributed by atoms with Crippen LogP contribution in [-0.4, -0.2) is 0 Å². The zero-order valence-electron chi connectivity index (χ0n) is 7.65. The van der Waals surface area contributed by atoms with Crippen LogP contribution >= 0.6 is 0 Å². The molecule has 0 aliphatic carbocycles. The van der Waals surface area contributed by atoms with Crippen LogP contribution < -0.4 is 4.73 Å². The van der Waals surface area contributed by atoms with Crippen LogP contribution in [0.15, 0.2) is 42.6 Å². The standard InChI is InChI=1S/C11H7F2NO/c12-9-5-4-8(7-10(9)13)11-3-1-2-6-14(11)15/h1-7H. The fraction of sp³-hybridized carbons (Fsp3) is 0. The average Bonchev–Trinajstić information content (AvgIpc) is 2.23. The van der Waals surface area contributed by atoms with Crippen molar-refractivity contribution in [3.05, 3.63) is 59.4 Å². The molecule has 1 heterocycles. The number of benzene rings is 1. The Bertz CT molecular complexity index is 500. The van der Waals surface area contributed by atoms with Gasteiger partial charge in [-0.1, -0.05) is 0 Å². The van der Waals surface area contributed by atoms with Crippen molar-refractivity contribution in [2.24, 2.45) is 0 Å². The van der Waals surface area contributed by atoms with Gasteiger partial charge in [0.2, 0.25) is 5.69 Å². The Balaban J connectivity index is 2.55. The van der Waals surface area contributed by atoms with Gasteiger partial charge in [0.25, 0.3) is 0 Å². The van der Waals surface area contributed by atoms with Crippen molar-refractivity contribution in [2.45, 2.75) is 0 Å². The Morgan fingerprint density at radius 1 is 1.00 bits per heavy atom. The molecular formula is C11H7F2NO. The van der Waals surface area contributed by atoms with Crippen LogP contribution in [0.25, 0.3) is 11.3 Å². The van der Waals surface area contributed by atoms with E-state index in [1.165, 1.54) is 12.3 Å². The molecule has 0 fully saturated rings. The lowest BCUT2D eigenvalue weighted by Crippen LogP contribution is -2.27. The lowest BCUT2D eigenvalue weighted by atomic mass is 10.1. The van der Waals surface area contributed by atoms with E-state index in [2.05, 4.69) is 0 Å². The number of hydrogen-bond donors (Lipinski definition) is 0. The SMILES string of the molecule is [O-][n+]1ccccc1-c1ccc(F)c(F)c1. The molecular weight excluding hydrogens is 200 g/mol. The van der Waals surface area contributed by atoms with Crippen molar-refractivity contribution in [1.29, 1.82) is 0 Å². The highest BCUT2D eigenvalue weighted by atomic mass is 19.2. The third-order valence-electron chi connectivity index (χ3n) is 2.04. The zero-order chi connectivity index (χ0) is 10.8. The van der Waals surface area contributed by atoms with Gasteiger partial charge in [-0.2, -0.15) is 4.73 Å². The molecule has 0 atom stereocenters. The number of pyridine rings is 1. The normalized spacial score (nSPS) is 10.3. The second kappa shape index (κ2) is 3.65. The van der Waals surface area contributed by atoms with Crippen LogP contribution in [0.5, 0.6) is 0 Å². The van der Waals surface area contributed by atoms with Gasteiger partial charge >= 0.3 is 0 Å². The molecule has 0 spiro atoms. The fourth-order valence-electron chi connectivity index (χ4n) is 1.31. The largest absolute Gasteiger partial charge is 0.618 e. The van der Waals surface area contributed by atoms with Crippen LogP contribution in [0.3, 0.4) is 0 Å². The molecule has 15 heavy (non-hydrogen) atoms. The van der Waals surface area contributed by atoms with Gasteiger partial charge < -0.3 is 5.21 Å². The van der Waals surface area contributed by atoms with Crippen LogP contribution in [0, 0.1) is 16.8 Å². The molecule has 4 heteroatoms. The predicted octanol–water partition coefficient (Wildman–Crippen LogP) is 2.27. The van der Waals surface area contributed by atoms with E-state index in [4.69, 9.17) is 0 Å². The molecule has 76 valence electrons. The van der Waals surface area contributed by atoms with Gasteiger partial charge in [-0.25, -0.2) is 8.78 Å². The summed E-state index contributed by atoms with van der Waals surface area (Å²) in [5, 5.41) is 11.3. The Kier molecular flexibility index (Phi) is 2.33. The summed E-state index contributed by atoms with van der Waals surface area (Å²) in [6.45, 7) is 0. The van der Waals surface area contributed by atoms with Crippen LogP contribution in [0.1, 0.15) is 0 Å². The third kappa shape index (κ3) is 1.79. The average molecular weight is 207 g/mol. The first-order valence-electron chi connectivity index (χ1n) is 4.32. The van der Waals surface area contributed by atoms with E-state index in [0.29, 0.717) is 10.3 Å². The summed E-state index contributed by atoms with van der Waals surface area (Å²) in [7, 11) is 0. The number of nitrogens with zero attached hydrogens (tertiary/aromatic N) is 1. The van der Waals surface area contributed by atoms with Gasteiger partial charge in [-0.3, -0.25) is 0 Å². The first-order chi connectivity index (χ1) is 7.18. The minimum atomic E-state index is -0.962. The smallest absolute Gasteiger partial charge is 0.223 e. The topological polar surface area (TPSA) is 26.9 Å². The molecule has 2 nitrogen and oxygen atoms in total. The van der Waals surface area contributed by atoms with Gasteiger partial charge in [-0.15, -0.1) is 0 Å². The molecule has 1 aromatic carbocycles. The fourth-order valence-corrected chi connectivity index (χ4v) is 1.31. The monoisotopic (exact) mass is 207 g/mol. The summed E-state index contributed by atoms with van der Waals surface area (Å²) < 4.78 is 26.2. The van der Waals surface area contributed by atoms with Crippen LogP contribution in [0.4, 0.5) is 8.78 Å². The maximum absolute atomic E-state index is 12.9. The van der Waals surface area contributed by atoms with E-state index in [9.17, 15) is 14.0 Å². The Morgan fingerprint density at radius 3 is 2.47 bits per heavy atom. The van der Waals surface area contributed by atoms with Crippen LogP contribution in [0.2, 0.25) is 0 Å². The lowest BCUT2D eigenvalue weighted by Gasteiger charge is -2.03. The van der Waals surface area contributed by atoms with Gasteiger partial charge in [-0.05, 0) is 24.3 Å². The quantitative estimate of drug-likeness (QED) is 0.520. The molecule has 0 N–H and O–H groups in total. The van der Waals surface area contributed by atoms with E-state index in [1.807, 2.05) is 0 Å². The number of rotatable bonds is 1. The van der Waals surface area contributed by atoms with E-state index in [1.54, 1.807) is 18.2 Å². The van der Waals surface area contributed by atoms with Gasteiger partial charge in [0.05, 0.1) is 5.56 Å². The minimum absolute atomic E-state index is 0.288. The van der Waals surface area contributed by atoms with Crippen molar-refractivity contribution < 1.29 is 13.5 Å². The first-order valence-corrected chi connectivity index (χ1v) is 4.32. The molecule has 0 radical (unpaired) electrons. The Morgan fingerprint density at radius 2 is 1.80 bits per heavy atom. The predicted molar refractivity (Wildman–Crippen MR) is 50.8 cm³/mol. The van der Waals surface area contributed by atoms with E-state index in [0.717, 1.165) is 12.1 Å². The second-order valence-corrected chi connectivity index (χ2v) is 3.04. The van der Waals surface area contributed by atoms with Crippen molar-refractivity contribution in [1.82, 2.24) is 0 Å². The summed E-state index contributed by atoms with van der Waals surface area (Å²) in [5.41, 5.74) is 0.640. The Hall–Kier alpha value is -1.97. The van der Waals surface area contributed by atoms with Crippen molar-refractivity contribution in [2.75, 3.05) is 0 Å². The highest BCUT2D eigenvalue weighted by Crippen LogP contribution is 2.17. The molecule has 0 aliphatic rings. The van der Waals surface area contributed by atoms with Crippen LogP contribution in [-0.2, 0) is 0 Å². The minimum Gasteiger partial charge on any atom is -0.618 e. The molecule has 1 aromatic heterocycles. The van der Waals surface area contributed by atoms with Crippen molar-refractivity contribution in [3.63, 3.8) is 0 Å². The highest BCUT2D eigenvalue weighted by molar-refractivity contribution is 5.55. The number of aromatic nitrogens is 1. The van der Waals surface area contributed by atoms with Gasteiger partial charge in [0, 0.05) is 12.1 Å². The van der Waals surface area contributed by atoms with Gasteiger partial charge in [0.1, 0.15) is 0 Å². The van der Waals surface area contributed by atoms with E-state index < -0.39 is 11.6 Å².